The van der Waals surface area contributed by atoms with Gasteiger partial charge in [-0.3, -0.25) is 9.69 Å². The van der Waals surface area contributed by atoms with E-state index in [9.17, 15) is 9.59 Å². The molecule has 2 saturated heterocycles. The number of carbonyl (C=O) groups excluding carboxylic acids is 2. The molecule has 2 fully saturated rings. The number of amides is 3. The molecule has 2 aliphatic rings. The maximum atomic E-state index is 12.9. The van der Waals surface area contributed by atoms with Gasteiger partial charge in [0.1, 0.15) is 6.54 Å². The molecule has 0 atom stereocenters. The minimum absolute atomic E-state index is 0.00611. The van der Waals surface area contributed by atoms with E-state index in [1.807, 2.05) is 24.3 Å². The number of nitrogens with zero attached hydrogens (tertiary/aromatic N) is 3. The van der Waals surface area contributed by atoms with Gasteiger partial charge in [0.25, 0.3) is 0 Å². The van der Waals surface area contributed by atoms with Gasteiger partial charge in [0.05, 0.1) is 27.4 Å². The number of ether oxygens (including phenoxy) is 3. The molecule has 9 heteroatoms. The standard InChI is InChI=1S/C23H28N4O5/c1-30-20-8-7-19(15-21(20)31-2)27-10-9-26(23(27)29)16-22(28)24-17-3-5-18(6-4-17)25-11-13-32-14-12-25/h3-8,15H,9-14,16H2,1-2H3,(H,24,28). The second-order valence-corrected chi connectivity index (χ2v) is 7.59. The van der Waals surface area contributed by atoms with E-state index in [1.54, 1.807) is 37.3 Å². The lowest BCUT2D eigenvalue weighted by molar-refractivity contribution is -0.116. The van der Waals surface area contributed by atoms with E-state index in [4.69, 9.17) is 14.2 Å². The Kier molecular flexibility index (Phi) is 6.65. The van der Waals surface area contributed by atoms with Crippen molar-refractivity contribution in [2.24, 2.45) is 0 Å². The first kappa shape index (κ1) is 21.8. The first-order valence-electron chi connectivity index (χ1n) is 10.6. The largest absolute Gasteiger partial charge is 0.493 e. The maximum Gasteiger partial charge on any atom is 0.325 e. The molecule has 3 amide bonds. The molecule has 2 heterocycles. The maximum absolute atomic E-state index is 12.9. The van der Waals surface area contributed by atoms with Crippen LogP contribution in [-0.4, -0.2) is 77.0 Å². The van der Waals surface area contributed by atoms with Gasteiger partial charge < -0.3 is 29.3 Å². The zero-order chi connectivity index (χ0) is 22.5. The summed E-state index contributed by atoms with van der Waals surface area (Å²) in [7, 11) is 3.12. The van der Waals surface area contributed by atoms with Crippen LogP contribution in [0.1, 0.15) is 0 Å². The van der Waals surface area contributed by atoms with Crippen molar-refractivity contribution in [1.82, 2.24) is 4.90 Å². The number of methoxy groups -OCH3 is 2. The molecule has 0 aromatic heterocycles. The quantitative estimate of drug-likeness (QED) is 0.712. The number of benzene rings is 2. The summed E-state index contributed by atoms with van der Waals surface area (Å²) in [5.74, 6) is 0.917. The van der Waals surface area contributed by atoms with Crippen molar-refractivity contribution in [3.63, 3.8) is 0 Å². The molecule has 2 aromatic rings. The second kappa shape index (κ2) is 9.78. The van der Waals surface area contributed by atoms with Crippen LogP contribution >= 0.6 is 0 Å². The van der Waals surface area contributed by atoms with Crippen molar-refractivity contribution >= 4 is 29.0 Å². The van der Waals surface area contributed by atoms with Crippen LogP contribution in [0.25, 0.3) is 0 Å². The fourth-order valence-electron chi connectivity index (χ4n) is 3.91. The van der Waals surface area contributed by atoms with Gasteiger partial charge in [-0.2, -0.15) is 0 Å². The number of carbonyl (C=O) groups is 2. The van der Waals surface area contributed by atoms with Crippen LogP contribution in [0.3, 0.4) is 0 Å². The highest BCUT2D eigenvalue weighted by Crippen LogP contribution is 2.32. The molecule has 1 N–H and O–H groups in total. The van der Waals surface area contributed by atoms with Crippen LogP contribution in [0, 0.1) is 0 Å². The molecule has 2 aliphatic heterocycles. The number of hydrogen-bond donors (Lipinski definition) is 1. The molecule has 0 spiro atoms. The molecule has 32 heavy (non-hydrogen) atoms. The Morgan fingerprint density at radius 1 is 0.938 bits per heavy atom. The van der Waals surface area contributed by atoms with Gasteiger partial charge in [0.15, 0.2) is 11.5 Å². The van der Waals surface area contributed by atoms with E-state index in [-0.39, 0.29) is 18.5 Å². The molecule has 0 unspecified atom stereocenters. The summed E-state index contributed by atoms with van der Waals surface area (Å²) in [4.78, 5) is 30.8. The number of nitrogens with one attached hydrogen (secondary N) is 1. The van der Waals surface area contributed by atoms with Gasteiger partial charge in [-0.15, -0.1) is 0 Å². The van der Waals surface area contributed by atoms with Gasteiger partial charge in [-0.25, -0.2) is 4.79 Å². The highest BCUT2D eigenvalue weighted by Gasteiger charge is 2.31. The summed E-state index contributed by atoms with van der Waals surface area (Å²) < 4.78 is 16.0. The van der Waals surface area contributed by atoms with Crippen LogP contribution in [-0.2, 0) is 9.53 Å². The van der Waals surface area contributed by atoms with Gasteiger partial charge in [0.2, 0.25) is 5.91 Å². The average molecular weight is 441 g/mol. The summed E-state index contributed by atoms with van der Waals surface area (Å²) in [5.41, 5.74) is 2.51. The highest BCUT2D eigenvalue weighted by molar-refractivity contribution is 5.99. The fraction of sp³-hybridized carbons (Fsp3) is 0.391. The lowest BCUT2D eigenvalue weighted by atomic mass is 10.2. The molecule has 0 saturated carbocycles. The Morgan fingerprint density at radius 3 is 2.31 bits per heavy atom. The zero-order valence-electron chi connectivity index (χ0n) is 18.4. The van der Waals surface area contributed by atoms with Gasteiger partial charge in [-0.1, -0.05) is 0 Å². The Morgan fingerprint density at radius 2 is 1.62 bits per heavy atom. The average Bonchev–Trinajstić information content (AvgIpc) is 3.19. The molecule has 2 aromatic carbocycles. The van der Waals surface area contributed by atoms with E-state index in [1.165, 1.54) is 4.90 Å². The zero-order valence-corrected chi connectivity index (χ0v) is 18.4. The van der Waals surface area contributed by atoms with E-state index in [0.717, 1.165) is 32.0 Å². The summed E-state index contributed by atoms with van der Waals surface area (Å²) in [6.45, 7) is 4.13. The van der Waals surface area contributed by atoms with E-state index in [0.29, 0.717) is 36.0 Å². The third-order valence-electron chi connectivity index (χ3n) is 5.64. The van der Waals surface area contributed by atoms with E-state index in [2.05, 4.69) is 10.2 Å². The fourth-order valence-corrected chi connectivity index (χ4v) is 3.91. The topological polar surface area (TPSA) is 83.6 Å². The Labute approximate surface area is 187 Å². The van der Waals surface area contributed by atoms with E-state index >= 15 is 0 Å². The normalized spacial score (nSPS) is 16.3. The lowest BCUT2D eigenvalue weighted by Crippen LogP contribution is -2.37. The first-order chi connectivity index (χ1) is 15.6. The van der Waals surface area contributed by atoms with Crippen LogP contribution < -0.4 is 24.6 Å². The SMILES string of the molecule is COc1ccc(N2CCN(CC(=O)Nc3ccc(N4CCOCC4)cc3)C2=O)cc1OC. The molecular weight excluding hydrogens is 412 g/mol. The van der Waals surface area contributed by atoms with Crippen LogP contribution in [0.4, 0.5) is 21.9 Å². The van der Waals surface area contributed by atoms with Gasteiger partial charge in [-0.05, 0) is 36.4 Å². The molecule has 4 rings (SSSR count). The molecule has 9 nitrogen and oxygen atoms in total. The number of anilines is 3. The number of rotatable bonds is 7. The lowest BCUT2D eigenvalue weighted by Gasteiger charge is -2.28. The molecule has 0 bridgehead atoms. The smallest absolute Gasteiger partial charge is 0.325 e. The number of morpholine rings is 1. The van der Waals surface area contributed by atoms with Crippen LogP contribution in [0.5, 0.6) is 11.5 Å². The molecule has 0 radical (unpaired) electrons. The summed E-state index contributed by atoms with van der Waals surface area (Å²) in [6.07, 6.45) is 0. The molecule has 170 valence electrons. The molecular formula is C23H28N4O5. The minimum atomic E-state index is -0.230. The third-order valence-corrected chi connectivity index (χ3v) is 5.64. The number of hydrogen-bond acceptors (Lipinski definition) is 6. The van der Waals surface area contributed by atoms with Crippen LogP contribution in [0.15, 0.2) is 42.5 Å². The summed E-state index contributed by atoms with van der Waals surface area (Å²) in [6, 6.07) is 12.8. The van der Waals surface area contributed by atoms with Crippen molar-refractivity contribution in [1.29, 1.82) is 0 Å². The number of urea groups is 1. The van der Waals surface area contributed by atoms with Crippen molar-refractivity contribution in [2.45, 2.75) is 0 Å². The monoisotopic (exact) mass is 440 g/mol. The highest BCUT2D eigenvalue weighted by atomic mass is 16.5. The van der Waals surface area contributed by atoms with Crippen molar-refractivity contribution in [3.05, 3.63) is 42.5 Å². The van der Waals surface area contributed by atoms with Crippen molar-refractivity contribution < 1.29 is 23.8 Å². The molecule has 0 aliphatic carbocycles. The Bertz CT molecular complexity index is 959. The minimum Gasteiger partial charge on any atom is -0.493 e. The van der Waals surface area contributed by atoms with Crippen molar-refractivity contribution in [2.75, 3.05) is 75.3 Å². The second-order valence-electron chi connectivity index (χ2n) is 7.59. The van der Waals surface area contributed by atoms with E-state index < -0.39 is 0 Å². The van der Waals surface area contributed by atoms with Crippen molar-refractivity contribution in [3.8, 4) is 11.5 Å². The summed E-state index contributed by atoms with van der Waals surface area (Å²) in [5, 5.41) is 2.88. The van der Waals surface area contributed by atoms with Gasteiger partial charge in [0, 0.05) is 49.3 Å². The van der Waals surface area contributed by atoms with Gasteiger partial charge >= 0.3 is 6.03 Å². The Balaban J connectivity index is 1.33. The predicted molar refractivity (Wildman–Crippen MR) is 122 cm³/mol. The van der Waals surface area contributed by atoms with Crippen LogP contribution in [0.2, 0.25) is 0 Å². The third kappa shape index (κ3) is 4.72. The predicted octanol–water partition coefficient (Wildman–Crippen LogP) is 2.42. The Hall–Kier alpha value is -3.46. The summed E-state index contributed by atoms with van der Waals surface area (Å²) >= 11 is 0. The first-order valence-corrected chi connectivity index (χ1v) is 10.6.